The Morgan fingerprint density at radius 1 is 1.41 bits per heavy atom. The SMILES string of the molecule is CCC(/C=C(\C)ONC)=NC=NCNC(C)C. The maximum absolute atomic E-state index is 5.11. The third-order valence-corrected chi connectivity index (χ3v) is 1.89. The smallest absolute Gasteiger partial charge is 0.122 e. The molecule has 98 valence electrons. The molecule has 0 aromatic rings. The van der Waals surface area contributed by atoms with Crippen molar-refractivity contribution in [2.24, 2.45) is 9.98 Å². The maximum atomic E-state index is 5.11. The molecule has 0 heterocycles. The van der Waals surface area contributed by atoms with E-state index in [0.29, 0.717) is 12.7 Å². The van der Waals surface area contributed by atoms with Gasteiger partial charge in [-0.15, -0.1) is 0 Å². The van der Waals surface area contributed by atoms with Crippen LogP contribution in [0.15, 0.2) is 21.8 Å². The van der Waals surface area contributed by atoms with Crippen molar-refractivity contribution in [3.8, 4) is 0 Å². The molecule has 2 N–H and O–H groups in total. The van der Waals surface area contributed by atoms with Crippen LogP contribution >= 0.6 is 0 Å². The molecule has 0 radical (unpaired) electrons. The fourth-order valence-corrected chi connectivity index (χ4v) is 1.05. The minimum Gasteiger partial charge on any atom is -0.414 e. The Morgan fingerprint density at radius 2 is 2.12 bits per heavy atom. The van der Waals surface area contributed by atoms with E-state index in [2.05, 4.69) is 34.6 Å². The molecule has 0 aromatic heterocycles. The number of hydroxylamine groups is 1. The van der Waals surface area contributed by atoms with Crippen LogP contribution in [0.1, 0.15) is 34.1 Å². The van der Waals surface area contributed by atoms with Gasteiger partial charge in [-0.1, -0.05) is 6.92 Å². The second-order valence-electron chi connectivity index (χ2n) is 3.85. The van der Waals surface area contributed by atoms with E-state index >= 15 is 0 Å². The van der Waals surface area contributed by atoms with Crippen LogP contribution < -0.4 is 10.8 Å². The van der Waals surface area contributed by atoms with Gasteiger partial charge in [-0.3, -0.25) is 10.3 Å². The average molecular weight is 240 g/mol. The number of hydrogen-bond acceptors (Lipinski definition) is 4. The van der Waals surface area contributed by atoms with Crippen molar-refractivity contribution in [1.29, 1.82) is 0 Å². The molecular weight excluding hydrogens is 216 g/mol. The van der Waals surface area contributed by atoms with Gasteiger partial charge in [0.1, 0.15) is 12.1 Å². The van der Waals surface area contributed by atoms with Crippen LogP contribution in [-0.2, 0) is 4.84 Å². The minimum absolute atomic E-state index is 0.438. The molecule has 0 saturated carbocycles. The van der Waals surface area contributed by atoms with E-state index in [4.69, 9.17) is 4.84 Å². The second kappa shape index (κ2) is 9.99. The largest absolute Gasteiger partial charge is 0.414 e. The van der Waals surface area contributed by atoms with Crippen molar-refractivity contribution in [1.82, 2.24) is 10.8 Å². The van der Waals surface area contributed by atoms with Crippen LogP contribution in [0.5, 0.6) is 0 Å². The molecule has 0 rings (SSSR count). The topological polar surface area (TPSA) is 58.0 Å². The third-order valence-electron chi connectivity index (χ3n) is 1.89. The van der Waals surface area contributed by atoms with Gasteiger partial charge >= 0.3 is 0 Å². The van der Waals surface area contributed by atoms with E-state index in [9.17, 15) is 0 Å². The lowest BCUT2D eigenvalue weighted by Gasteiger charge is -2.03. The molecule has 17 heavy (non-hydrogen) atoms. The van der Waals surface area contributed by atoms with Gasteiger partial charge in [0.25, 0.3) is 0 Å². The molecular formula is C12H24N4O. The zero-order chi connectivity index (χ0) is 13.1. The number of nitrogens with zero attached hydrogens (tertiary/aromatic N) is 2. The predicted octanol–water partition coefficient (Wildman–Crippen LogP) is 1.88. The molecule has 0 aliphatic carbocycles. The molecule has 0 atom stereocenters. The summed E-state index contributed by atoms with van der Waals surface area (Å²) in [5.74, 6) is 0.779. The minimum atomic E-state index is 0.438. The van der Waals surface area contributed by atoms with Crippen LogP contribution in [0.3, 0.4) is 0 Å². The van der Waals surface area contributed by atoms with Crippen molar-refractivity contribution in [3.63, 3.8) is 0 Å². The molecule has 0 unspecified atom stereocenters. The highest BCUT2D eigenvalue weighted by molar-refractivity contribution is 5.99. The second-order valence-corrected chi connectivity index (χ2v) is 3.85. The van der Waals surface area contributed by atoms with Gasteiger partial charge in [0.15, 0.2) is 0 Å². The van der Waals surface area contributed by atoms with Crippen LogP contribution in [0, 0.1) is 0 Å². The summed E-state index contributed by atoms with van der Waals surface area (Å²) in [5.41, 5.74) is 3.55. The van der Waals surface area contributed by atoms with Crippen molar-refractivity contribution in [2.45, 2.75) is 40.2 Å². The van der Waals surface area contributed by atoms with Gasteiger partial charge in [-0.2, -0.15) is 5.48 Å². The van der Waals surface area contributed by atoms with Crippen molar-refractivity contribution >= 4 is 12.1 Å². The van der Waals surface area contributed by atoms with E-state index < -0.39 is 0 Å². The quantitative estimate of drug-likeness (QED) is 0.295. The lowest BCUT2D eigenvalue weighted by molar-refractivity contribution is 0.128. The highest BCUT2D eigenvalue weighted by Crippen LogP contribution is 1.96. The molecule has 0 amide bonds. The first kappa shape index (κ1) is 15.8. The Bertz CT molecular complexity index is 282. The monoisotopic (exact) mass is 240 g/mol. The summed E-state index contributed by atoms with van der Waals surface area (Å²) in [6, 6.07) is 0.438. The fraction of sp³-hybridized carbons (Fsp3) is 0.667. The Hall–Kier alpha value is -1.20. The van der Waals surface area contributed by atoms with Crippen molar-refractivity contribution in [2.75, 3.05) is 13.7 Å². The highest BCUT2D eigenvalue weighted by atomic mass is 16.6. The van der Waals surface area contributed by atoms with Gasteiger partial charge in [0.05, 0.1) is 6.67 Å². The van der Waals surface area contributed by atoms with Gasteiger partial charge in [0.2, 0.25) is 0 Å². The van der Waals surface area contributed by atoms with Gasteiger partial charge in [0, 0.05) is 18.8 Å². The summed E-state index contributed by atoms with van der Waals surface area (Å²) < 4.78 is 0. The van der Waals surface area contributed by atoms with Crippen molar-refractivity contribution in [3.05, 3.63) is 11.8 Å². The first-order valence-electron chi connectivity index (χ1n) is 5.90. The standard InChI is InChI=1S/C12H24N4O/c1-6-12(7-11(4)17-13-5)16-9-14-8-15-10(2)3/h7,9-10,13,15H,6,8H2,1-5H3/b11-7+,14-9?,16-12?. The first-order valence-corrected chi connectivity index (χ1v) is 5.90. The lowest BCUT2D eigenvalue weighted by atomic mass is 10.2. The maximum Gasteiger partial charge on any atom is 0.122 e. The molecule has 0 fully saturated rings. The molecule has 5 heteroatoms. The first-order chi connectivity index (χ1) is 8.10. The zero-order valence-electron chi connectivity index (χ0n) is 11.4. The number of rotatable bonds is 8. The summed E-state index contributed by atoms with van der Waals surface area (Å²) in [6.07, 6.45) is 4.31. The molecule has 5 nitrogen and oxygen atoms in total. The summed E-state index contributed by atoms with van der Waals surface area (Å²) in [5, 5.41) is 3.18. The van der Waals surface area contributed by atoms with Crippen LogP contribution in [0.25, 0.3) is 0 Å². The van der Waals surface area contributed by atoms with E-state index in [1.165, 1.54) is 0 Å². The summed E-state index contributed by atoms with van der Waals surface area (Å²) in [6.45, 7) is 8.67. The van der Waals surface area contributed by atoms with Crippen LogP contribution in [0.2, 0.25) is 0 Å². The Morgan fingerprint density at radius 3 is 2.65 bits per heavy atom. The van der Waals surface area contributed by atoms with Gasteiger partial charge in [-0.25, -0.2) is 4.99 Å². The molecule has 0 aliphatic heterocycles. The lowest BCUT2D eigenvalue weighted by Crippen LogP contribution is -2.22. The molecule has 0 spiro atoms. The van der Waals surface area contributed by atoms with E-state index in [1.54, 1.807) is 13.4 Å². The number of hydrogen-bond donors (Lipinski definition) is 2. The van der Waals surface area contributed by atoms with E-state index in [1.807, 2.05) is 19.9 Å². The third kappa shape index (κ3) is 9.71. The van der Waals surface area contributed by atoms with Gasteiger partial charge in [-0.05, 0) is 33.3 Å². The van der Waals surface area contributed by atoms with Crippen molar-refractivity contribution < 1.29 is 4.84 Å². The highest BCUT2D eigenvalue weighted by Gasteiger charge is 1.93. The van der Waals surface area contributed by atoms with Gasteiger partial charge < -0.3 is 4.84 Å². The average Bonchev–Trinajstić information content (AvgIpc) is 2.27. The number of aliphatic imine (C=N–C) groups is 2. The predicted molar refractivity (Wildman–Crippen MR) is 73.3 cm³/mol. The zero-order valence-corrected chi connectivity index (χ0v) is 11.4. The van der Waals surface area contributed by atoms with Crippen LogP contribution in [0.4, 0.5) is 0 Å². The summed E-state index contributed by atoms with van der Waals surface area (Å²) in [7, 11) is 1.72. The Balaban J connectivity index is 4.21. The molecule has 0 saturated heterocycles. The summed E-state index contributed by atoms with van der Waals surface area (Å²) in [4.78, 5) is 13.5. The molecule has 0 aromatic carbocycles. The van der Waals surface area contributed by atoms with E-state index in [0.717, 1.165) is 17.9 Å². The fourth-order valence-electron chi connectivity index (χ4n) is 1.05. The van der Waals surface area contributed by atoms with E-state index in [-0.39, 0.29) is 0 Å². The Kier molecular flexibility index (Phi) is 9.28. The number of nitrogens with one attached hydrogen (secondary N) is 2. The Labute approximate surface area is 104 Å². The molecule has 0 bridgehead atoms. The normalized spacial score (nSPS) is 13.8. The molecule has 0 aliphatic rings. The van der Waals surface area contributed by atoms with Crippen LogP contribution in [-0.4, -0.2) is 31.8 Å². The number of allylic oxidation sites excluding steroid dienone is 2. The summed E-state index contributed by atoms with van der Waals surface area (Å²) >= 11 is 0.